The first kappa shape index (κ1) is 28.2. The van der Waals surface area contributed by atoms with Crippen LogP contribution in [0.3, 0.4) is 0 Å². The van der Waals surface area contributed by atoms with Crippen LogP contribution in [0, 0.1) is 18.3 Å². The summed E-state index contributed by atoms with van der Waals surface area (Å²) in [6.45, 7) is 8.11. The van der Waals surface area contributed by atoms with E-state index in [0.717, 1.165) is 53.8 Å². The summed E-state index contributed by atoms with van der Waals surface area (Å²) in [6, 6.07) is 6.41. The molecular weight excluding hydrogens is 500 g/mol. The summed E-state index contributed by atoms with van der Waals surface area (Å²) in [4.78, 5) is 46.8. The minimum Gasteiger partial charge on any atom is -0.391 e. The smallest absolute Gasteiger partial charge is 0.246 e. The molecule has 1 unspecified atom stereocenters. The quantitative estimate of drug-likeness (QED) is 0.495. The van der Waals surface area contributed by atoms with Crippen LogP contribution in [0.2, 0.25) is 0 Å². The molecule has 1 aliphatic heterocycles. The van der Waals surface area contributed by atoms with Gasteiger partial charge in [0.2, 0.25) is 17.7 Å². The van der Waals surface area contributed by atoms with E-state index in [9.17, 15) is 19.5 Å². The fourth-order valence-electron chi connectivity index (χ4n) is 5.41. The molecule has 2 aromatic rings. The number of nitrogens with one attached hydrogen (secondary N) is 2. The molecule has 4 rings (SSSR count). The number of β-amino-alcohol motifs (C(OH)–C–C–N with tert-alkyl or cyclic N) is 1. The van der Waals surface area contributed by atoms with E-state index >= 15 is 0 Å². The predicted molar refractivity (Wildman–Crippen MR) is 148 cm³/mol. The summed E-state index contributed by atoms with van der Waals surface area (Å²) in [5, 5.41) is 16.4. The second-order valence-corrected chi connectivity index (χ2v) is 12.6. The van der Waals surface area contributed by atoms with Gasteiger partial charge in [0, 0.05) is 25.4 Å². The molecule has 0 bridgehead atoms. The van der Waals surface area contributed by atoms with Crippen LogP contribution in [0.1, 0.15) is 70.6 Å². The number of likely N-dealkylation sites (tertiary alicyclic amines) is 1. The molecular formula is C29H40N4O4S. The number of aryl methyl sites for hydroxylation is 1. The van der Waals surface area contributed by atoms with Crippen LogP contribution >= 0.6 is 11.3 Å². The molecule has 3 atom stereocenters. The molecule has 0 spiro atoms. The van der Waals surface area contributed by atoms with Gasteiger partial charge in [-0.2, -0.15) is 0 Å². The summed E-state index contributed by atoms with van der Waals surface area (Å²) in [5.41, 5.74) is 4.29. The monoisotopic (exact) mass is 540 g/mol. The van der Waals surface area contributed by atoms with E-state index in [1.807, 2.05) is 57.5 Å². The van der Waals surface area contributed by atoms with Gasteiger partial charge < -0.3 is 20.6 Å². The van der Waals surface area contributed by atoms with Crippen molar-refractivity contribution in [2.45, 2.75) is 91.0 Å². The third kappa shape index (κ3) is 6.61. The Bertz CT molecular complexity index is 1130. The number of aliphatic hydroxyl groups excluding tert-OH is 1. The van der Waals surface area contributed by atoms with Gasteiger partial charge in [0.15, 0.2) is 0 Å². The third-order valence-electron chi connectivity index (χ3n) is 7.67. The molecule has 1 aliphatic carbocycles. The highest BCUT2D eigenvalue weighted by Gasteiger charge is 2.44. The fraction of sp³-hybridized carbons (Fsp3) is 0.586. The lowest BCUT2D eigenvalue weighted by Gasteiger charge is -2.36. The van der Waals surface area contributed by atoms with Gasteiger partial charge in [0.05, 0.1) is 22.2 Å². The highest BCUT2D eigenvalue weighted by atomic mass is 32.1. The van der Waals surface area contributed by atoms with Crippen LogP contribution in [0.4, 0.5) is 0 Å². The molecule has 1 saturated heterocycles. The van der Waals surface area contributed by atoms with Crippen LogP contribution in [0.5, 0.6) is 0 Å². The summed E-state index contributed by atoms with van der Waals surface area (Å²) in [6.07, 6.45) is 4.27. The van der Waals surface area contributed by atoms with Crippen LogP contribution in [0.25, 0.3) is 10.4 Å². The SMILES string of the molecule is Cc1ncsc1-c1ccc(CNC(=O)[C@@H]2C[C@@H](O)CN2C(=O)C(NC(=O)C2CCCCC2)C(C)(C)C)cc1. The van der Waals surface area contributed by atoms with Crippen molar-refractivity contribution in [1.29, 1.82) is 0 Å². The first-order chi connectivity index (χ1) is 18.0. The Labute approximate surface area is 229 Å². The minimum atomic E-state index is -0.786. The van der Waals surface area contributed by atoms with Crippen molar-refractivity contribution >= 4 is 29.1 Å². The number of nitrogens with zero attached hydrogens (tertiary/aromatic N) is 2. The first-order valence-electron chi connectivity index (χ1n) is 13.6. The topological polar surface area (TPSA) is 112 Å². The van der Waals surface area contributed by atoms with Crippen LogP contribution in [-0.2, 0) is 20.9 Å². The molecule has 8 nitrogen and oxygen atoms in total. The molecule has 2 aliphatic rings. The number of carbonyl (C=O) groups is 3. The Hall–Kier alpha value is -2.78. The van der Waals surface area contributed by atoms with Gasteiger partial charge in [-0.25, -0.2) is 4.98 Å². The Morgan fingerprint density at radius 1 is 1.11 bits per heavy atom. The van der Waals surface area contributed by atoms with E-state index in [4.69, 9.17) is 0 Å². The van der Waals surface area contributed by atoms with Crippen molar-refractivity contribution in [2.75, 3.05) is 6.54 Å². The maximum absolute atomic E-state index is 13.7. The van der Waals surface area contributed by atoms with Gasteiger partial charge in [0.1, 0.15) is 12.1 Å². The highest BCUT2D eigenvalue weighted by Crippen LogP contribution is 2.29. The maximum Gasteiger partial charge on any atom is 0.246 e. The molecule has 1 aromatic heterocycles. The van der Waals surface area contributed by atoms with Crippen molar-refractivity contribution < 1.29 is 19.5 Å². The van der Waals surface area contributed by atoms with Gasteiger partial charge >= 0.3 is 0 Å². The number of amides is 3. The molecule has 0 radical (unpaired) electrons. The number of aromatic nitrogens is 1. The highest BCUT2D eigenvalue weighted by molar-refractivity contribution is 7.13. The lowest BCUT2D eigenvalue weighted by Crippen LogP contribution is -2.58. The molecule has 1 saturated carbocycles. The van der Waals surface area contributed by atoms with Gasteiger partial charge in [-0.15, -0.1) is 11.3 Å². The standard InChI is InChI=1S/C29H40N4O4S/c1-18-24(38-17-31-18)20-12-10-19(11-13-20)15-30-27(36)23-14-22(34)16-33(23)28(37)25(29(2,3)4)32-26(35)21-8-6-5-7-9-21/h10-13,17,21-23,25,34H,5-9,14-16H2,1-4H3,(H,30,36)(H,32,35)/t22-,23+,25?/m1/s1. The molecule has 2 heterocycles. The fourth-order valence-corrected chi connectivity index (χ4v) is 6.22. The summed E-state index contributed by atoms with van der Waals surface area (Å²) >= 11 is 1.59. The van der Waals surface area contributed by atoms with E-state index in [1.165, 1.54) is 4.90 Å². The van der Waals surface area contributed by atoms with Crippen molar-refractivity contribution in [3.05, 3.63) is 41.0 Å². The maximum atomic E-state index is 13.7. The van der Waals surface area contributed by atoms with E-state index < -0.39 is 23.6 Å². The molecule has 3 amide bonds. The number of carbonyl (C=O) groups excluding carboxylic acids is 3. The van der Waals surface area contributed by atoms with Crippen LogP contribution in [-0.4, -0.2) is 57.4 Å². The van der Waals surface area contributed by atoms with Crippen LogP contribution < -0.4 is 10.6 Å². The summed E-state index contributed by atoms with van der Waals surface area (Å²) in [7, 11) is 0. The molecule has 3 N–H and O–H groups in total. The average Bonchev–Trinajstić information content (AvgIpc) is 3.50. The Balaban J connectivity index is 1.41. The van der Waals surface area contributed by atoms with Crippen molar-refractivity contribution in [3.8, 4) is 10.4 Å². The Morgan fingerprint density at radius 2 is 1.79 bits per heavy atom. The Morgan fingerprint density at radius 3 is 2.39 bits per heavy atom. The average molecular weight is 541 g/mol. The zero-order valence-corrected chi connectivity index (χ0v) is 23.6. The Kier molecular flexibility index (Phi) is 8.88. The summed E-state index contributed by atoms with van der Waals surface area (Å²) in [5.74, 6) is -0.780. The van der Waals surface area contributed by atoms with E-state index in [1.54, 1.807) is 11.3 Å². The number of rotatable bonds is 7. The number of benzene rings is 1. The number of hydrogen-bond acceptors (Lipinski definition) is 6. The van der Waals surface area contributed by atoms with Gasteiger partial charge in [-0.05, 0) is 36.3 Å². The van der Waals surface area contributed by atoms with Gasteiger partial charge in [-0.3, -0.25) is 14.4 Å². The molecule has 9 heteroatoms. The molecule has 2 fully saturated rings. The number of thiazole rings is 1. The van der Waals surface area contributed by atoms with Crippen LogP contribution in [0.15, 0.2) is 29.8 Å². The van der Waals surface area contributed by atoms with Crippen molar-refractivity contribution in [2.24, 2.45) is 11.3 Å². The number of aliphatic hydroxyl groups is 1. The zero-order valence-electron chi connectivity index (χ0n) is 22.8. The van der Waals surface area contributed by atoms with E-state index in [-0.39, 0.29) is 36.6 Å². The molecule has 1 aromatic carbocycles. The van der Waals surface area contributed by atoms with Crippen molar-refractivity contribution in [3.63, 3.8) is 0 Å². The van der Waals surface area contributed by atoms with E-state index in [2.05, 4.69) is 15.6 Å². The normalized spacial score (nSPS) is 21.2. The largest absolute Gasteiger partial charge is 0.391 e. The lowest BCUT2D eigenvalue weighted by atomic mass is 9.83. The first-order valence-corrected chi connectivity index (χ1v) is 14.5. The van der Waals surface area contributed by atoms with E-state index in [0.29, 0.717) is 6.54 Å². The third-order valence-corrected chi connectivity index (χ3v) is 8.65. The number of hydrogen-bond donors (Lipinski definition) is 3. The summed E-state index contributed by atoms with van der Waals surface area (Å²) < 4.78 is 0. The van der Waals surface area contributed by atoms with Gasteiger partial charge in [0.25, 0.3) is 0 Å². The van der Waals surface area contributed by atoms with Gasteiger partial charge in [-0.1, -0.05) is 64.3 Å². The second kappa shape index (κ2) is 11.9. The molecule has 38 heavy (non-hydrogen) atoms. The minimum absolute atomic E-state index is 0.0731. The molecule has 206 valence electrons. The van der Waals surface area contributed by atoms with Crippen molar-refractivity contribution in [1.82, 2.24) is 20.5 Å². The lowest BCUT2D eigenvalue weighted by molar-refractivity contribution is -0.144. The zero-order chi connectivity index (χ0) is 27.4. The predicted octanol–water partition coefficient (Wildman–Crippen LogP) is 3.81. The second-order valence-electron chi connectivity index (χ2n) is 11.7.